The molecule has 0 fully saturated rings. The third kappa shape index (κ3) is 10.2. The van der Waals surface area contributed by atoms with E-state index in [-0.39, 0.29) is 5.91 Å². The van der Waals surface area contributed by atoms with E-state index in [4.69, 9.17) is 11.6 Å². The topological polar surface area (TPSA) is 40.5 Å². The van der Waals surface area contributed by atoms with E-state index in [0.717, 1.165) is 12.8 Å². The summed E-state index contributed by atoms with van der Waals surface area (Å²) in [4.78, 5) is 12.0. The van der Waals surface area contributed by atoms with Gasteiger partial charge in [0, 0.05) is 6.42 Å². The van der Waals surface area contributed by atoms with Gasteiger partial charge < -0.3 is 0 Å². The Balaban J connectivity index is 1.96. The lowest BCUT2D eigenvalue weighted by Crippen LogP contribution is -2.26. The summed E-state index contributed by atoms with van der Waals surface area (Å²) in [7, 11) is 0. The van der Waals surface area contributed by atoms with Gasteiger partial charge in [-0.3, -0.25) is 10.0 Å². The normalized spacial score (nSPS) is 10.9. The van der Waals surface area contributed by atoms with Crippen molar-refractivity contribution in [3.8, 4) is 0 Å². The van der Waals surface area contributed by atoms with Crippen LogP contribution >= 0.6 is 11.6 Å². The molecule has 0 aliphatic carbocycles. The molecule has 0 saturated heterocycles. The monoisotopic (exact) mass is 381 g/mol. The summed E-state index contributed by atoms with van der Waals surface area (Å²) < 4.78 is 0. The maximum absolute atomic E-state index is 12.0. The molecule has 1 amide bonds. The van der Waals surface area contributed by atoms with Crippen LogP contribution in [0.15, 0.2) is 24.3 Å². The molecule has 0 radical (unpaired) electrons. The molecule has 0 atom stereocenters. The van der Waals surface area contributed by atoms with Crippen molar-refractivity contribution in [1.29, 1.82) is 0 Å². The molecule has 3 nitrogen and oxygen atoms in total. The number of para-hydroxylation sites is 1. The molecule has 1 aromatic rings. The first-order valence-corrected chi connectivity index (χ1v) is 10.8. The minimum absolute atomic E-state index is 0.291. The zero-order valence-electron chi connectivity index (χ0n) is 16.4. The first kappa shape index (κ1) is 23.0. The molecule has 0 aliphatic heterocycles. The average Bonchev–Trinajstić information content (AvgIpc) is 2.65. The number of hydroxylamine groups is 1. The molecule has 1 rings (SSSR count). The molecule has 4 heteroatoms. The van der Waals surface area contributed by atoms with E-state index in [0.29, 0.717) is 22.2 Å². The first-order chi connectivity index (χ1) is 12.7. The summed E-state index contributed by atoms with van der Waals surface area (Å²) in [5.74, 6) is -0.291. The summed E-state index contributed by atoms with van der Waals surface area (Å²) in [6.07, 6.45) is 16.9. The van der Waals surface area contributed by atoms with Crippen molar-refractivity contribution in [3.63, 3.8) is 0 Å². The van der Waals surface area contributed by atoms with Crippen LogP contribution in [0.25, 0.3) is 0 Å². The minimum Gasteiger partial charge on any atom is -0.281 e. The van der Waals surface area contributed by atoms with Crippen molar-refractivity contribution in [3.05, 3.63) is 29.3 Å². The first-order valence-electron chi connectivity index (χ1n) is 10.4. The van der Waals surface area contributed by atoms with Crippen LogP contribution < -0.4 is 5.06 Å². The number of hydrogen-bond donors (Lipinski definition) is 1. The summed E-state index contributed by atoms with van der Waals surface area (Å²) in [6, 6.07) is 6.84. The van der Waals surface area contributed by atoms with E-state index in [1.165, 1.54) is 70.6 Å². The van der Waals surface area contributed by atoms with Crippen LogP contribution in [0.1, 0.15) is 96.8 Å². The lowest BCUT2D eigenvalue weighted by molar-refractivity contribution is -0.123. The van der Waals surface area contributed by atoms with Gasteiger partial charge in [0.15, 0.2) is 0 Å². The fourth-order valence-corrected chi connectivity index (χ4v) is 3.37. The minimum atomic E-state index is -0.291. The number of rotatable bonds is 15. The van der Waals surface area contributed by atoms with E-state index in [2.05, 4.69) is 6.92 Å². The van der Waals surface area contributed by atoms with Crippen molar-refractivity contribution >= 4 is 23.2 Å². The Bertz CT molecular complexity index is 493. The molecule has 1 aromatic carbocycles. The van der Waals surface area contributed by atoms with Gasteiger partial charge in [0.25, 0.3) is 5.91 Å². The highest BCUT2D eigenvalue weighted by Crippen LogP contribution is 2.24. The maximum Gasteiger partial charge on any atom is 0.250 e. The number of carbonyl (C=O) groups excluding carboxylic acids is 1. The highest BCUT2D eigenvalue weighted by molar-refractivity contribution is 6.33. The number of anilines is 1. The zero-order valence-corrected chi connectivity index (χ0v) is 17.1. The molecular formula is C22H36ClNO2. The molecule has 1 N–H and O–H groups in total. The van der Waals surface area contributed by atoms with Gasteiger partial charge in [0.05, 0.1) is 10.7 Å². The summed E-state index contributed by atoms with van der Waals surface area (Å²) in [5.41, 5.74) is 0.355. The Morgan fingerprint density at radius 3 is 1.81 bits per heavy atom. The van der Waals surface area contributed by atoms with E-state index in [1.54, 1.807) is 24.3 Å². The van der Waals surface area contributed by atoms with Crippen LogP contribution in [0.5, 0.6) is 0 Å². The number of halogens is 1. The predicted octanol–water partition coefficient (Wildman–Crippen LogP) is 7.54. The predicted molar refractivity (Wildman–Crippen MR) is 111 cm³/mol. The molecule has 26 heavy (non-hydrogen) atoms. The molecule has 0 unspecified atom stereocenters. The Hall–Kier alpha value is -1.06. The van der Waals surface area contributed by atoms with E-state index in [1.807, 2.05) is 0 Å². The molecule has 0 heterocycles. The van der Waals surface area contributed by atoms with E-state index < -0.39 is 0 Å². The van der Waals surface area contributed by atoms with Crippen LogP contribution in [-0.2, 0) is 4.79 Å². The summed E-state index contributed by atoms with van der Waals surface area (Å²) in [6.45, 7) is 2.26. The van der Waals surface area contributed by atoms with Crippen molar-refractivity contribution < 1.29 is 10.0 Å². The maximum atomic E-state index is 12.0. The second-order valence-electron chi connectivity index (χ2n) is 7.15. The SMILES string of the molecule is CCCCCCCCCCCCCCCC(=O)N(O)c1ccccc1Cl. The van der Waals surface area contributed by atoms with Gasteiger partial charge in [-0.15, -0.1) is 0 Å². The summed E-state index contributed by atoms with van der Waals surface area (Å²) >= 11 is 6.00. The van der Waals surface area contributed by atoms with E-state index in [9.17, 15) is 10.0 Å². The standard InChI is InChI=1S/C22H36ClNO2/c1-2-3-4-5-6-7-8-9-10-11-12-13-14-19-22(25)24(26)21-18-16-15-17-20(21)23/h15-18,26H,2-14,19H2,1H3. The van der Waals surface area contributed by atoms with Crippen LogP contribution in [-0.4, -0.2) is 11.1 Å². The number of carbonyl (C=O) groups is 1. The number of amides is 1. The molecule has 148 valence electrons. The Labute approximate surface area is 164 Å². The van der Waals surface area contributed by atoms with Crippen molar-refractivity contribution in [2.75, 3.05) is 5.06 Å². The molecule has 0 aromatic heterocycles. The number of nitrogens with zero attached hydrogens (tertiary/aromatic N) is 1. The van der Waals surface area contributed by atoms with Crippen LogP contribution in [0.4, 0.5) is 5.69 Å². The quantitative estimate of drug-likeness (QED) is 0.193. The fourth-order valence-electron chi connectivity index (χ4n) is 3.16. The lowest BCUT2D eigenvalue weighted by atomic mass is 10.0. The average molecular weight is 382 g/mol. The van der Waals surface area contributed by atoms with Crippen LogP contribution in [0, 0.1) is 0 Å². The Morgan fingerprint density at radius 2 is 1.31 bits per heavy atom. The van der Waals surface area contributed by atoms with Gasteiger partial charge in [-0.1, -0.05) is 108 Å². The van der Waals surface area contributed by atoms with Crippen molar-refractivity contribution in [2.24, 2.45) is 0 Å². The van der Waals surface area contributed by atoms with Gasteiger partial charge in [0.2, 0.25) is 0 Å². The third-order valence-electron chi connectivity index (χ3n) is 4.81. The highest BCUT2D eigenvalue weighted by Gasteiger charge is 2.15. The van der Waals surface area contributed by atoms with Crippen molar-refractivity contribution in [1.82, 2.24) is 0 Å². The Morgan fingerprint density at radius 1 is 0.846 bits per heavy atom. The molecule has 0 spiro atoms. The molecule has 0 aliphatic rings. The summed E-state index contributed by atoms with van der Waals surface area (Å²) in [5, 5.41) is 11.0. The lowest BCUT2D eigenvalue weighted by Gasteiger charge is -2.16. The second kappa shape index (κ2) is 15.0. The second-order valence-corrected chi connectivity index (χ2v) is 7.56. The van der Waals surface area contributed by atoms with Gasteiger partial charge >= 0.3 is 0 Å². The molecular weight excluding hydrogens is 346 g/mol. The number of unbranched alkanes of at least 4 members (excludes halogenated alkanes) is 12. The molecule has 0 bridgehead atoms. The van der Waals surface area contributed by atoms with Crippen LogP contribution in [0.2, 0.25) is 5.02 Å². The largest absolute Gasteiger partial charge is 0.281 e. The van der Waals surface area contributed by atoms with Gasteiger partial charge in [-0.05, 0) is 18.6 Å². The van der Waals surface area contributed by atoms with Crippen LogP contribution in [0.3, 0.4) is 0 Å². The van der Waals surface area contributed by atoms with E-state index >= 15 is 0 Å². The zero-order chi connectivity index (χ0) is 19.0. The van der Waals surface area contributed by atoms with Crippen molar-refractivity contribution in [2.45, 2.75) is 96.8 Å². The Kier molecular flexibility index (Phi) is 13.3. The van der Waals surface area contributed by atoms with Gasteiger partial charge in [-0.2, -0.15) is 5.06 Å². The molecule has 0 saturated carbocycles. The fraction of sp³-hybridized carbons (Fsp3) is 0.682. The third-order valence-corrected chi connectivity index (χ3v) is 5.13. The smallest absolute Gasteiger partial charge is 0.250 e. The number of benzene rings is 1. The van der Waals surface area contributed by atoms with Gasteiger partial charge in [-0.25, -0.2) is 0 Å². The van der Waals surface area contributed by atoms with Gasteiger partial charge in [0.1, 0.15) is 0 Å². The highest BCUT2D eigenvalue weighted by atomic mass is 35.5. The number of hydrogen-bond acceptors (Lipinski definition) is 2.